The van der Waals surface area contributed by atoms with Crippen molar-refractivity contribution in [2.75, 3.05) is 18.8 Å². The standard InChI is InChI=1S/C15H21N3S/c1-2-19-15-16-13-8-4-5-9-14(13)18(15)12-17-10-6-3-7-11-17/h4-5,8-9H,2-3,6-7,10-12H2,1H3. The molecule has 1 saturated heterocycles. The molecule has 0 atom stereocenters. The average Bonchev–Trinajstić information content (AvgIpc) is 2.79. The monoisotopic (exact) mass is 275 g/mol. The molecule has 1 fully saturated rings. The van der Waals surface area contributed by atoms with Crippen molar-refractivity contribution in [2.45, 2.75) is 38.0 Å². The van der Waals surface area contributed by atoms with Gasteiger partial charge in [-0.3, -0.25) is 4.90 Å². The van der Waals surface area contributed by atoms with Gasteiger partial charge in [0.15, 0.2) is 5.16 Å². The van der Waals surface area contributed by atoms with Crippen LogP contribution in [0.2, 0.25) is 0 Å². The fourth-order valence-corrected chi connectivity index (χ4v) is 3.46. The number of hydrogen-bond donors (Lipinski definition) is 0. The minimum Gasteiger partial charge on any atom is -0.305 e. The maximum Gasteiger partial charge on any atom is 0.170 e. The number of rotatable bonds is 4. The van der Waals surface area contributed by atoms with E-state index in [1.54, 1.807) is 0 Å². The molecule has 0 amide bonds. The summed E-state index contributed by atoms with van der Waals surface area (Å²) in [4.78, 5) is 7.32. The lowest BCUT2D eigenvalue weighted by Gasteiger charge is -2.27. The van der Waals surface area contributed by atoms with Crippen molar-refractivity contribution in [3.63, 3.8) is 0 Å². The van der Waals surface area contributed by atoms with Gasteiger partial charge in [0.25, 0.3) is 0 Å². The lowest BCUT2D eigenvalue weighted by molar-refractivity contribution is 0.179. The Hall–Kier alpha value is -1.00. The zero-order chi connectivity index (χ0) is 13.1. The van der Waals surface area contributed by atoms with Gasteiger partial charge in [0.2, 0.25) is 0 Å². The van der Waals surface area contributed by atoms with Crippen LogP contribution in [0.3, 0.4) is 0 Å². The molecule has 4 heteroatoms. The van der Waals surface area contributed by atoms with Gasteiger partial charge in [0.05, 0.1) is 17.7 Å². The van der Waals surface area contributed by atoms with E-state index in [9.17, 15) is 0 Å². The van der Waals surface area contributed by atoms with Crippen LogP contribution in [0.25, 0.3) is 11.0 Å². The predicted molar refractivity (Wildman–Crippen MR) is 81.6 cm³/mol. The first-order chi connectivity index (χ1) is 9.38. The molecular weight excluding hydrogens is 254 g/mol. The first-order valence-electron chi connectivity index (χ1n) is 7.19. The van der Waals surface area contributed by atoms with Gasteiger partial charge < -0.3 is 4.57 Å². The number of piperidine rings is 1. The summed E-state index contributed by atoms with van der Waals surface area (Å²) in [5.74, 6) is 1.07. The van der Waals surface area contributed by atoms with Crippen LogP contribution >= 0.6 is 11.8 Å². The molecule has 1 aromatic heterocycles. The van der Waals surface area contributed by atoms with Crippen molar-refractivity contribution >= 4 is 22.8 Å². The Morgan fingerprint density at radius 2 is 1.95 bits per heavy atom. The van der Waals surface area contributed by atoms with Gasteiger partial charge in [-0.25, -0.2) is 4.98 Å². The highest BCUT2D eigenvalue weighted by molar-refractivity contribution is 7.99. The van der Waals surface area contributed by atoms with E-state index in [-0.39, 0.29) is 0 Å². The Bertz CT molecular complexity index is 543. The minimum absolute atomic E-state index is 0.989. The van der Waals surface area contributed by atoms with Crippen LogP contribution < -0.4 is 0 Å². The van der Waals surface area contributed by atoms with Crippen molar-refractivity contribution in [3.05, 3.63) is 24.3 Å². The molecule has 0 bridgehead atoms. The number of fused-ring (bicyclic) bond motifs is 1. The Labute approximate surface area is 119 Å². The van der Waals surface area contributed by atoms with Crippen LogP contribution in [0, 0.1) is 0 Å². The third-order valence-corrected chi connectivity index (χ3v) is 4.54. The van der Waals surface area contributed by atoms with Crippen LogP contribution in [0.4, 0.5) is 0 Å². The number of aromatic nitrogens is 2. The first kappa shape index (κ1) is 13.0. The van der Waals surface area contributed by atoms with E-state index in [2.05, 4.69) is 40.7 Å². The highest BCUT2D eigenvalue weighted by Gasteiger charge is 2.15. The Morgan fingerprint density at radius 3 is 2.74 bits per heavy atom. The summed E-state index contributed by atoms with van der Waals surface area (Å²) < 4.78 is 2.38. The summed E-state index contributed by atoms with van der Waals surface area (Å²) in [6, 6.07) is 8.48. The first-order valence-corrected chi connectivity index (χ1v) is 8.17. The van der Waals surface area contributed by atoms with E-state index in [0.717, 1.165) is 23.1 Å². The second-order valence-electron chi connectivity index (χ2n) is 5.06. The molecule has 19 heavy (non-hydrogen) atoms. The summed E-state index contributed by atoms with van der Waals surface area (Å²) in [5, 5.41) is 1.16. The summed E-state index contributed by atoms with van der Waals surface area (Å²) in [6.45, 7) is 5.63. The summed E-state index contributed by atoms with van der Waals surface area (Å²) in [6.07, 6.45) is 4.06. The maximum absolute atomic E-state index is 4.77. The molecule has 1 aliphatic rings. The van der Waals surface area contributed by atoms with Gasteiger partial charge in [-0.15, -0.1) is 0 Å². The Kier molecular flexibility index (Phi) is 4.09. The van der Waals surface area contributed by atoms with Crippen molar-refractivity contribution in [1.82, 2.24) is 14.5 Å². The van der Waals surface area contributed by atoms with Crippen molar-refractivity contribution < 1.29 is 0 Å². The second kappa shape index (κ2) is 5.97. The molecule has 0 aliphatic carbocycles. The summed E-state index contributed by atoms with van der Waals surface area (Å²) in [7, 11) is 0. The third-order valence-electron chi connectivity index (χ3n) is 3.68. The van der Waals surface area contributed by atoms with E-state index in [1.165, 1.54) is 37.9 Å². The quantitative estimate of drug-likeness (QED) is 0.796. The zero-order valence-corrected chi connectivity index (χ0v) is 12.3. The van der Waals surface area contributed by atoms with Crippen LogP contribution in [-0.2, 0) is 6.67 Å². The lowest BCUT2D eigenvalue weighted by Crippen LogP contribution is -2.31. The number of benzene rings is 1. The van der Waals surface area contributed by atoms with E-state index in [0.29, 0.717) is 0 Å². The van der Waals surface area contributed by atoms with E-state index in [1.807, 2.05) is 11.8 Å². The number of thioether (sulfide) groups is 1. The zero-order valence-electron chi connectivity index (χ0n) is 11.5. The largest absolute Gasteiger partial charge is 0.305 e. The van der Waals surface area contributed by atoms with Gasteiger partial charge >= 0.3 is 0 Å². The topological polar surface area (TPSA) is 21.1 Å². The molecule has 2 heterocycles. The average molecular weight is 275 g/mol. The van der Waals surface area contributed by atoms with E-state index >= 15 is 0 Å². The van der Waals surface area contributed by atoms with Crippen molar-refractivity contribution in [2.24, 2.45) is 0 Å². The number of likely N-dealkylation sites (tertiary alicyclic amines) is 1. The lowest BCUT2D eigenvalue weighted by atomic mass is 10.1. The second-order valence-corrected chi connectivity index (χ2v) is 6.30. The molecule has 0 unspecified atom stereocenters. The molecule has 0 N–H and O–H groups in total. The van der Waals surface area contributed by atoms with Crippen LogP contribution in [0.1, 0.15) is 26.2 Å². The molecular formula is C15H21N3S. The summed E-state index contributed by atoms with van der Waals surface area (Å²) >= 11 is 1.84. The molecule has 1 aliphatic heterocycles. The molecule has 0 saturated carbocycles. The maximum atomic E-state index is 4.77. The fourth-order valence-electron chi connectivity index (χ4n) is 2.73. The molecule has 2 aromatic rings. The van der Waals surface area contributed by atoms with Gasteiger partial charge in [-0.2, -0.15) is 0 Å². The van der Waals surface area contributed by atoms with Gasteiger partial charge in [-0.05, 0) is 43.8 Å². The molecule has 3 nitrogen and oxygen atoms in total. The predicted octanol–water partition coefficient (Wildman–Crippen LogP) is 3.59. The highest BCUT2D eigenvalue weighted by Crippen LogP contribution is 2.24. The molecule has 0 radical (unpaired) electrons. The third kappa shape index (κ3) is 2.79. The van der Waals surface area contributed by atoms with Crippen molar-refractivity contribution in [3.8, 4) is 0 Å². The van der Waals surface area contributed by atoms with Gasteiger partial charge in [0, 0.05) is 0 Å². The molecule has 1 aromatic carbocycles. The fraction of sp³-hybridized carbons (Fsp3) is 0.533. The normalized spacial score (nSPS) is 17.1. The highest BCUT2D eigenvalue weighted by atomic mass is 32.2. The summed E-state index contributed by atoms with van der Waals surface area (Å²) in [5.41, 5.74) is 2.39. The number of hydrogen-bond acceptors (Lipinski definition) is 3. The minimum atomic E-state index is 0.989. The number of nitrogens with zero attached hydrogens (tertiary/aromatic N) is 3. The van der Waals surface area contributed by atoms with Gasteiger partial charge in [-0.1, -0.05) is 37.2 Å². The van der Waals surface area contributed by atoms with E-state index in [4.69, 9.17) is 4.98 Å². The molecule has 0 spiro atoms. The van der Waals surface area contributed by atoms with Crippen LogP contribution in [0.15, 0.2) is 29.4 Å². The SMILES string of the molecule is CCSc1nc2ccccc2n1CN1CCCCC1. The Morgan fingerprint density at radius 1 is 1.16 bits per heavy atom. The number of para-hydroxylation sites is 2. The molecule has 3 rings (SSSR count). The Balaban J connectivity index is 1.92. The molecule has 102 valence electrons. The van der Waals surface area contributed by atoms with Gasteiger partial charge in [0.1, 0.15) is 0 Å². The van der Waals surface area contributed by atoms with Crippen molar-refractivity contribution in [1.29, 1.82) is 0 Å². The van der Waals surface area contributed by atoms with E-state index < -0.39 is 0 Å². The van der Waals surface area contributed by atoms with Crippen LogP contribution in [0.5, 0.6) is 0 Å². The number of imidazole rings is 1. The smallest absolute Gasteiger partial charge is 0.170 e. The van der Waals surface area contributed by atoms with Crippen LogP contribution in [-0.4, -0.2) is 33.3 Å².